The maximum atomic E-state index is 11.9. The van der Waals surface area contributed by atoms with E-state index in [2.05, 4.69) is 12.2 Å². The first kappa shape index (κ1) is 14.7. The predicted molar refractivity (Wildman–Crippen MR) is 70.9 cm³/mol. The third kappa shape index (κ3) is 4.50. The normalized spacial score (nSPS) is 14.5. The van der Waals surface area contributed by atoms with Gasteiger partial charge in [0.2, 0.25) is 5.91 Å². The summed E-state index contributed by atoms with van der Waals surface area (Å²) in [6.45, 7) is 5.83. The highest BCUT2D eigenvalue weighted by atomic mass is 16.3. The van der Waals surface area contributed by atoms with Crippen molar-refractivity contribution in [1.82, 2.24) is 10.2 Å². The van der Waals surface area contributed by atoms with Crippen LogP contribution >= 0.6 is 0 Å². The van der Waals surface area contributed by atoms with E-state index in [-0.39, 0.29) is 11.9 Å². The van der Waals surface area contributed by atoms with Gasteiger partial charge in [-0.3, -0.25) is 9.69 Å². The molecule has 5 heteroatoms. The van der Waals surface area contributed by atoms with Crippen LogP contribution in [0.2, 0.25) is 0 Å². The van der Waals surface area contributed by atoms with Gasteiger partial charge in [-0.25, -0.2) is 0 Å². The summed E-state index contributed by atoms with van der Waals surface area (Å²) in [6.07, 6.45) is 1.60. The summed E-state index contributed by atoms with van der Waals surface area (Å²) in [6, 6.07) is 3.47. The first-order chi connectivity index (χ1) is 8.54. The number of nitrogens with two attached hydrogens (primary N) is 1. The molecule has 0 aromatic carbocycles. The summed E-state index contributed by atoms with van der Waals surface area (Å²) in [5.41, 5.74) is 5.58. The van der Waals surface area contributed by atoms with Crippen molar-refractivity contribution in [2.75, 3.05) is 20.1 Å². The SMILES string of the molecule is CC(CN)CN(C)C(C)C(=O)NCc1ccco1. The number of nitrogens with zero attached hydrogens (tertiary/aromatic N) is 1. The maximum Gasteiger partial charge on any atom is 0.237 e. The van der Waals surface area contributed by atoms with E-state index in [9.17, 15) is 4.79 Å². The molecule has 1 heterocycles. The van der Waals surface area contributed by atoms with Crippen LogP contribution in [0.15, 0.2) is 22.8 Å². The van der Waals surface area contributed by atoms with Crippen LogP contribution in [0, 0.1) is 5.92 Å². The van der Waals surface area contributed by atoms with Gasteiger partial charge in [-0.1, -0.05) is 6.92 Å². The van der Waals surface area contributed by atoms with E-state index in [1.807, 2.05) is 24.9 Å². The second kappa shape index (κ2) is 7.18. The van der Waals surface area contributed by atoms with Gasteiger partial charge in [0.05, 0.1) is 18.8 Å². The number of carbonyl (C=O) groups is 1. The molecule has 0 aliphatic rings. The molecule has 0 fully saturated rings. The molecule has 0 bridgehead atoms. The van der Waals surface area contributed by atoms with Gasteiger partial charge in [-0.2, -0.15) is 0 Å². The van der Waals surface area contributed by atoms with Crippen molar-refractivity contribution in [2.24, 2.45) is 11.7 Å². The smallest absolute Gasteiger partial charge is 0.237 e. The lowest BCUT2D eigenvalue weighted by Crippen LogP contribution is -2.45. The first-order valence-corrected chi connectivity index (χ1v) is 6.25. The van der Waals surface area contributed by atoms with Gasteiger partial charge >= 0.3 is 0 Å². The number of rotatable bonds is 7. The van der Waals surface area contributed by atoms with Crippen molar-refractivity contribution in [1.29, 1.82) is 0 Å². The standard InChI is InChI=1S/C13H23N3O2/c1-10(7-14)9-16(3)11(2)13(17)15-8-12-5-4-6-18-12/h4-6,10-11H,7-9,14H2,1-3H3,(H,15,17). The summed E-state index contributed by atoms with van der Waals surface area (Å²) in [5, 5.41) is 2.85. The minimum atomic E-state index is -0.172. The Kier molecular flexibility index (Phi) is 5.88. The Morgan fingerprint density at radius 3 is 2.83 bits per heavy atom. The quantitative estimate of drug-likeness (QED) is 0.754. The van der Waals surface area contributed by atoms with Gasteiger partial charge in [0.1, 0.15) is 5.76 Å². The third-order valence-electron chi connectivity index (χ3n) is 3.06. The molecule has 18 heavy (non-hydrogen) atoms. The highest BCUT2D eigenvalue weighted by Gasteiger charge is 2.19. The fourth-order valence-corrected chi connectivity index (χ4v) is 1.66. The molecule has 0 spiro atoms. The summed E-state index contributed by atoms with van der Waals surface area (Å²) >= 11 is 0. The van der Waals surface area contributed by atoms with E-state index in [0.717, 1.165) is 12.3 Å². The molecule has 2 atom stereocenters. The van der Waals surface area contributed by atoms with Crippen LogP contribution in [0.4, 0.5) is 0 Å². The fraction of sp³-hybridized carbons (Fsp3) is 0.615. The molecular weight excluding hydrogens is 230 g/mol. The predicted octanol–water partition coefficient (Wildman–Crippen LogP) is 0.811. The molecule has 0 aliphatic carbocycles. The average molecular weight is 253 g/mol. The Hall–Kier alpha value is -1.33. The molecule has 0 saturated heterocycles. The van der Waals surface area contributed by atoms with Crippen LogP contribution in [0.3, 0.4) is 0 Å². The van der Waals surface area contributed by atoms with Crippen molar-refractivity contribution >= 4 is 5.91 Å². The molecule has 0 saturated carbocycles. The van der Waals surface area contributed by atoms with Crippen molar-refractivity contribution in [3.63, 3.8) is 0 Å². The second-order valence-electron chi connectivity index (χ2n) is 4.75. The van der Waals surface area contributed by atoms with Gasteiger partial charge in [0, 0.05) is 6.54 Å². The van der Waals surface area contributed by atoms with Crippen molar-refractivity contribution in [3.8, 4) is 0 Å². The molecule has 5 nitrogen and oxygen atoms in total. The Bertz CT molecular complexity index is 351. The Labute approximate surface area is 108 Å². The molecule has 1 aromatic heterocycles. The lowest BCUT2D eigenvalue weighted by Gasteiger charge is -2.26. The largest absolute Gasteiger partial charge is 0.467 e. The number of furan rings is 1. The summed E-state index contributed by atoms with van der Waals surface area (Å²) in [4.78, 5) is 13.9. The van der Waals surface area contributed by atoms with Gasteiger partial charge in [-0.05, 0) is 38.6 Å². The van der Waals surface area contributed by atoms with Crippen molar-refractivity contribution in [2.45, 2.75) is 26.4 Å². The Balaban J connectivity index is 2.36. The zero-order valence-electron chi connectivity index (χ0n) is 11.3. The number of hydrogen-bond acceptors (Lipinski definition) is 4. The number of amides is 1. The van der Waals surface area contributed by atoms with Crippen LogP contribution in [0.25, 0.3) is 0 Å². The van der Waals surface area contributed by atoms with Crippen molar-refractivity contribution < 1.29 is 9.21 Å². The molecule has 0 aliphatic heterocycles. The summed E-state index contributed by atoms with van der Waals surface area (Å²) in [5.74, 6) is 1.14. The van der Waals surface area contributed by atoms with E-state index in [1.54, 1.807) is 12.3 Å². The highest BCUT2D eigenvalue weighted by molar-refractivity contribution is 5.81. The monoisotopic (exact) mass is 253 g/mol. The summed E-state index contributed by atoms with van der Waals surface area (Å²) < 4.78 is 5.16. The fourth-order valence-electron chi connectivity index (χ4n) is 1.66. The summed E-state index contributed by atoms with van der Waals surface area (Å²) in [7, 11) is 1.93. The van der Waals surface area contributed by atoms with Gasteiger partial charge in [0.25, 0.3) is 0 Å². The molecule has 1 aromatic rings. The third-order valence-corrected chi connectivity index (χ3v) is 3.06. The van der Waals surface area contributed by atoms with Crippen molar-refractivity contribution in [3.05, 3.63) is 24.2 Å². The van der Waals surface area contributed by atoms with Gasteiger partial charge < -0.3 is 15.5 Å². The van der Waals surface area contributed by atoms with E-state index < -0.39 is 0 Å². The Morgan fingerprint density at radius 2 is 2.28 bits per heavy atom. The highest BCUT2D eigenvalue weighted by Crippen LogP contribution is 2.03. The van der Waals surface area contributed by atoms with Crippen LogP contribution < -0.4 is 11.1 Å². The first-order valence-electron chi connectivity index (χ1n) is 6.25. The second-order valence-corrected chi connectivity index (χ2v) is 4.75. The topological polar surface area (TPSA) is 71.5 Å². The van der Waals surface area contributed by atoms with Crippen LogP contribution in [-0.2, 0) is 11.3 Å². The Morgan fingerprint density at radius 1 is 1.56 bits per heavy atom. The zero-order valence-corrected chi connectivity index (χ0v) is 11.3. The molecule has 1 rings (SSSR count). The van der Waals surface area contributed by atoms with Gasteiger partial charge in [0.15, 0.2) is 0 Å². The molecule has 0 radical (unpaired) electrons. The zero-order chi connectivity index (χ0) is 13.5. The van der Waals surface area contributed by atoms with Crippen LogP contribution in [-0.4, -0.2) is 37.0 Å². The van der Waals surface area contributed by atoms with Gasteiger partial charge in [-0.15, -0.1) is 0 Å². The average Bonchev–Trinajstić information content (AvgIpc) is 2.87. The van der Waals surface area contributed by atoms with E-state index in [1.165, 1.54) is 0 Å². The molecule has 2 unspecified atom stereocenters. The molecule has 1 amide bonds. The lowest BCUT2D eigenvalue weighted by molar-refractivity contribution is -0.125. The number of likely N-dealkylation sites (N-methyl/N-ethyl adjacent to an activating group) is 1. The molecule has 102 valence electrons. The molecular formula is C13H23N3O2. The minimum absolute atomic E-state index is 0.00174. The lowest BCUT2D eigenvalue weighted by atomic mass is 10.1. The maximum absolute atomic E-state index is 11.9. The van der Waals surface area contributed by atoms with Crippen LogP contribution in [0.5, 0.6) is 0 Å². The van der Waals surface area contributed by atoms with E-state index in [0.29, 0.717) is 19.0 Å². The van der Waals surface area contributed by atoms with E-state index >= 15 is 0 Å². The van der Waals surface area contributed by atoms with E-state index in [4.69, 9.17) is 10.2 Å². The minimum Gasteiger partial charge on any atom is -0.467 e. The number of carbonyl (C=O) groups excluding carboxylic acids is 1. The van der Waals surface area contributed by atoms with Crippen LogP contribution in [0.1, 0.15) is 19.6 Å². The molecule has 3 N–H and O–H groups in total. The number of nitrogens with one attached hydrogen (secondary N) is 1. The number of hydrogen-bond donors (Lipinski definition) is 2.